The minimum Gasteiger partial charge on any atom is -0.370 e. The average Bonchev–Trinajstić information content (AvgIpc) is 2.59. The molecule has 6 heteroatoms. The average molecular weight is 312 g/mol. The van der Waals surface area contributed by atoms with Gasteiger partial charge in [0.15, 0.2) is 0 Å². The molecule has 120 valence electrons. The first-order valence-corrected chi connectivity index (χ1v) is 7.78. The van der Waals surface area contributed by atoms with Crippen molar-refractivity contribution in [3.63, 3.8) is 0 Å². The summed E-state index contributed by atoms with van der Waals surface area (Å²) in [5.41, 5.74) is 1.42. The molecule has 23 heavy (non-hydrogen) atoms. The lowest BCUT2D eigenvalue weighted by atomic mass is 10.0. The Morgan fingerprint density at radius 2 is 1.91 bits per heavy atom. The van der Waals surface area contributed by atoms with Crippen LogP contribution in [-0.2, 0) is 7.05 Å². The number of benzene rings is 1. The van der Waals surface area contributed by atoms with Crippen molar-refractivity contribution in [3.8, 4) is 0 Å². The van der Waals surface area contributed by atoms with Crippen LogP contribution in [0, 0.1) is 0 Å². The molecule has 0 radical (unpaired) electrons. The quantitative estimate of drug-likeness (QED) is 0.924. The third kappa shape index (κ3) is 3.59. The predicted molar refractivity (Wildman–Crippen MR) is 88.6 cm³/mol. The van der Waals surface area contributed by atoms with Crippen LogP contribution < -0.4 is 15.8 Å². The Labute approximate surface area is 134 Å². The molecule has 0 spiro atoms. The number of anilines is 1. The van der Waals surface area contributed by atoms with E-state index in [1.165, 1.54) is 4.68 Å². The largest absolute Gasteiger partial charge is 0.370 e. The molecule has 1 saturated heterocycles. The summed E-state index contributed by atoms with van der Waals surface area (Å²) in [5, 5.41) is 7.13. The van der Waals surface area contributed by atoms with E-state index in [4.69, 9.17) is 0 Å². The number of amides is 1. The Bertz CT molecular complexity index is 734. The van der Waals surface area contributed by atoms with Crippen molar-refractivity contribution in [1.82, 2.24) is 15.1 Å². The lowest BCUT2D eigenvalue weighted by molar-refractivity contribution is 0.0931. The molecule has 0 bridgehead atoms. The van der Waals surface area contributed by atoms with Crippen LogP contribution in [0.1, 0.15) is 23.2 Å². The maximum absolute atomic E-state index is 12.2. The molecular weight excluding hydrogens is 292 g/mol. The molecular formula is C17H20N4O2. The number of hydrogen-bond donors (Lipinski definition) is 1. The monoisotopic (exact) mass is 312 g/mol. The summed E-state index contributed by atoms with van der Waals surface area (Å²) in [6.45, 7) is 1.60. The molecule has 1 aliphatic heterocycles. The minimum atomic E-state index is -0.109. The van der Waals surface area contributed by atoms with Crippen LogP contribution in [0.3, 0.4) is 0 Å². The minimum absolute atomic E-state index is 0.0284. The molecule has 1 amide bonds. The van der Waals surface area contributed by atoms with Crippen molar-refractivity contribution in [1.29, 1.82) is 0 Å². The highest BCUT2D eigenvalue weighted by molar-refractivity contribution is 5.94. The highest BCUT2D eigenvalue weighted by atomic mass is 16.1. The maximum atomic E-state index is 12.2. The summed E-state index contributed by atoms with van der Waals surface area (Å²) in [6.07, 6.45) is 3.42. The van der Waals surface area contributed by atoms with Crippen molar-refractivity contribution >= 4 is 11.6 Å². The number of nitrogens with zero attached hydrogens (tertiary/aromatic N) is 3. The Balaban J connectivity index is 1.57. The number of piperidine rings is 1. The second kappa shape index (κ2) is 6.64. The Hall–Kier alpha value is -2.63. The van der Waals surface area contributed by atoms with Crippen LogP contribution in [-0.4, -0.2) is 34.8 Å². The van der Waals surface area contributed by atoms with Crippen LogP contribution in [0.15, 0.2) is 47.4 Å². The summed E-state index contributed by atoms with van der Waals surface area (Å²) in [4.78, 5) is 26.0. The lowest BCUT2D eigenvalue weighted by Gasteiger charge is -2.33. The first kappa shape index (κ1) is 15.3. The molecule has 0 atom stereocenters. The zero-order valence-electron chi connectivity index (χ0n) is 13.1. The second-order valence-corrected chi connectivity index (χ2v) is 5.78. The molecule has 1 aromatic carbocycles. The van der Waals surface area contributed by atoms with E-state index in [0.29, 0.717) is 5.56 Å². The zero-order chi connectivity index (χ0) is 16.2. The topological polar surface area (TPSA) is 67.2 Å². The molecule has 0 aliphatic carbocycles. The lowest BCUT2D eigenvalue weighted by Crippen LogP contribution is -2.45. The third-order valence-electron chi connectivity index (χ3n) is 4.18. The van der Waals surface area contributed by atoms with E-state index in [1.807, 2.05) is 30.3 Å². The van der Waals surface area contributed by atoms with Gasteiger partial charge in [-0.1, -0.05) is 18.2 Å². The summed E-state index contributed by atoms with van der Waals surface area (Å²) in [6, 6.07) is 11.0. The molecule has 0 unspecified atom stereocenters. The first-order valence-electron chi connectivity index (χ1n) is 7.78. The fourth-order valence-electron chi connectivity index (χ4n) is 2.77. The maximum Gasteiger partial charge on any atom is 0.268 e. The summed E-state index contributed by atoms with van der Waals surface area (Å²) >= 11 is 0. The number of carbonyl (C=O) groups excluding carboxylic acids is 1. The van der Waals surface area contributed by atoms with Gasteiger partial charge in [-0.25, -0.2) is 4.68 Å². The number of nitrogens with one attached hydrogen (secondary N) is 1. The van der Waals surface area contributed by atoms with Gasteiger partial charge in [0.1, 0.15) is 0 Å². The molecule has 1 N–H and O–H groups in total. The number of aromatic nitrogens is 2. The summed E-state index contributed by atoms with van der Waals surface area (Å²) in [7, 11) is 1.64. The smallest absolute Gasteiger partial charge is 0.268 e. The van der Waals surface area contributed by atoms with Gasteiger partial charge in [0, 0.05) is 37.8 Å². The Morgan fingerprint density at radius 1 is 1.22 bits per heavy atom. The van der Waals surface area contributed by atoms with E-state index in [-0.39, 0.29) is 17.5 Å². The zero-order valence-corrected chi connectivity index (χ0v) is 13.1. The number of rotatable bonds is 3. The van der Waals surface area contributed by atoms with E-state index in [9.17, 15) is 9.59 Å². The molecule has 1 aliphatic rings. The van der Waals surface area contributed by atoms with Gasteiger partial charge in [0.05, 0.1) is 11.9 Å². The Kier molecular flexibility index (Phi) is 4.41. The van der Waals surface area contributed by atoms with E-state index in [2.05, 4.69) is 15.3 Å². The van der Waals surface area contributed by atoms with Crippen LogP contribution in [0.25, 0.3) is 0 Å². The summed E-state index contributed by atoms with van der Waals surface area (Å²) < 4.78 is 1.32. The van der Waals surface area contributed by atoms with E-state index >= 15 is 0 Å². The van der Waals surface area contributed by atoms with Gasteiger partial charge >= 0.3 is 0 Å². The van der Waals surface area contributed by atoms with E-state index in [0.717, 1.165) is 31.6 Å². The summed E-state index contributed by atoms with van der Waals surface area (Å²) in [5.74, 6) is -0.0284. The van der Waals surface area contributed by atoms with Crippen molar-refractivity contribution in [2.45, 2.75) is 18.9 Å². The van der Waals surface area contributed by atoms with Crippen LogP contribution in [0.4, 0.5) is 5.69 Å². The normalized spacial score (nSPS) is 15.4. The van der Waals surface area contributed by atoms with Crippen molar-refractivity contribution < 1.29 is 4.79 Å². The fraction of sp³-hybridized carbons (Fsp3) is 0.353. The van der Waals surface area contributed by atoms with Crippen molar-refractivity contribution in [2.75, 3.05) is 18.0 Å². The molecule has 1 aromatic heterocycles. The SMILES string of the molecule is Cn1ncc(N2CCC(NC(=O)c3ccccc3)CC2)cc1=O. The van der Waals surface area contributed by atoms with Gasteiger partial charge in [-0.2, -0.15) is 5.10 Å². The van der Waals surface area contributed by atoms with E-state index in [1.54, 1.807) is 19.3 Å². The van der Waals surface area contributed by atoms with E-state index < -0.39 is 0 Å². The van der Waals surface area contributed by atoms with Crippen molar-refractivity contribution in [3.05, 3.63) is 58.5 Å². The highest BCUT2D eigenvalue weighted by Gasteiger charge is 2.21. The van der Waals surface area contributed by atoms with Gasteiger partial charge in [0.25, 0.3) is 11.5 Å². The van der Waals surface area contributed by atoms with Gasteiger partial charge in [0.2, 0.25) is 0 Å². The van der Waals surface area contributed by atoms with Crippen molar-refractivity contribution in [2.24, 2.45) is 7.05 Å². The van der Waals surface area contributed by atoms with Gasteiger partial charge in [-0.05, 0) is 25.0 Å². The molecule has 1 fully saturated rings. The van der Waals surface area contributed by atoms with Gasteiger partial charge in [-0.15, -0.1) is 0 Å². The van der Waals surface area contributed by atoms with Crippen LogP contribution >= 0.6 is 0 Å². The van der Waals surface area contributed by atoms with Gasteiger partial charge < -0.3 is 10.2 Å². The Morgan fingerprint density at radius 3 is 2.57 bits per heavy atom. The molecule has 2 heterocycles. The first-order chi connectivity index (χ1) is 11.1. The standard InChI is InChI=1S/C17H20N4O2/c1-20-16(22)11-15(12-18-20)21-9-7-14(8-10-21)19-17(23)13-5-3-2-4-6-13/h2-6,11-12,14H,7-10H2,1H3,(H,19,23). The fourth-order valence-corrected chi connectivity index (χ4v) is 2.77. The number of carbonyl (C=O) groups is 1. The van der Waals surface area contributed by atoms with Crippen LogP contribution in [0.5, 0.6) is 0 Å². The molecule has 0 saturated carbocycles. The molecule has 3 rings (SSSR count). The second-order valence-electron chi connectivity index (χ2n) is 5.78. The van der Waals surface area contributed by atoms with Gasteiger partial charge in [-0.3, -0.25) is 9.59 Å². The van der Waals surface area contributed by atoms with Crippen LogP contribution in [0.2, 0.25) is 0 Å². The highest BCUT2D eigenvalue weighted by Crippen LogP contribution is 2.18. The predicted octanol–water partition coefficient (Wildman–Crippen LogP) is 1.18. The number of aryl methyl sites for hydroxylation is 1. The number of hydrogen-bond acceptors (Lipinski definition) is 4. The molecule has 2 aromatic rings. The third-order valence-corrected chi connectivity index (χ3v) is 4.18. The molecule has 6 nitrogen and oxygen atoms in total.